The number of allylic oxidation sites excluding steroid dienone is 2. The van der Waals surface area contributed by atoms with Gasteiger partial charge in [0, 0.05) is 11.1 Å². The van der Waals surface area contributed by atoms with Crippen LogP contribution in [-0.4, -0.2) is 40.0 Å². The van der Waals surface area contributed by atoms with Crippen molar-refractivity contribution in [1.82, 2.24) is 0 Å². The molecule has 3 heteroatoms. The molecule has 0 unspecified atom stereocenters. The topological polar surface area (TPSA) is 40.5 Å². The van der Waals surface area contributed by atoms with Crippen molar-refractivity contribution in [3.05, 3.63) is 96.1 Å². The Kier molecular flexibility index (Phi) is 29.4. The molecule has 3 nitrogen and oxygen atoms in total. The maximum Gasteiger partial charge on any atom is 0.105 e. The normalized spacial score (nSPS) is 13.4. The van der Waals surface area contributed by atoms with E-state index in [1.807, 2.05) is 0 Å². The van der Waals surface area contributed by atoms with Gasteiger partial charge in [0.15, 0.2) is 0 Å². The molecule has 0 aliphatic heterocycles. The second-order valence-corrected chi connectivity index (χ2v) is 16.3. The lowest BCUT2D eigenvalue weighted by Crippen LogP contribution is -2.48. The Morgan fingerprint density at radius 1 is 0.434 bits per heavy atom. The Bertz CT molecular complexity index is 1020. The van der Waals surface area contributed by atoms with Crippen LogP contribution in [-0.2, 0) is 13.1 Å². The van der Waals surface area contributed by atoms with E-state index in [0.29, 0.717) is 0 Å². The molecule has 0 heterocycles. The zero-order valence-corrected chi connectivity index (χ0v) is 34.8. The first kappa shape index (κ1) is 47.0. The third-order valence-electron chi connectivity index (χ3n) is 11.2. The first-order chi connectivity index (χ1) is 26.1. The van der Waals surface area contributed by atoms with Crippen molar-refractivity contribution < 1.29 is 14.7 Å². The molecule has 0 aliphatic rings. The summed E-state index contributed by atoms with van der Waals surface area (Å²) in [5.41, 5.74) is 2.94. The van der Waals surface area contributed by atoms with Crippen LogP contribution in [0.3, 0.4) is 0 Å². The number of aliphatic hydroxyl groups is 2. The quantitative estimate of drug-likeness (QED) is 0.0416. The molecule has 53 heavy (non-hydrogen) atoms. The van der Waals surface area contributed by atoms with Crippen molar-refractivity contribution >= 4 is 0 Å². The average molecular weight is 731 g/mol. The van der Waals surface area contributed by atoms with Crippen LogP contribution < -0.4 is 0 Å². The number of aliphatic hydroxyl groups excluding tert-OH is 2. The number of unbranched alkanes of at least 4 members (excludes halogenated alkanes) is 18. The monoisotopic (exact) mass is 731 g/mol. The van der Waals surface area contributed by atoms with Gasteiger partial charge in [-0.3, -0.25) is 0 Å². The fourth-order valence-electron chi connectivity index (χ4n) is 7.85. The van der Waals surface area contributed by atoms with E-state index in [1.165, 1.54) is 144 Å². The molecule has 0 bridgehead atoms. The predicted octanol–water partition coefficient (Wildman–Crippen LogP) is 14.2. The molecule has 2 N–H and O–H groups in total. The predicted molar refractivity (Wildman–Crippen MR) is 232 cm³/mol. The van der Waals surface area contributed by atoms with Gasteiger partial charge in [-0.05, 0) is 77.0 Å². The van der Waals surface area contributed by atoms with Crippen LogP contribution in [0.15, 0.2) is 85.0 Å². The van der Waals surface area contributed by atoms with Crippen LogP contribution in [0.1, 0.15) is 192 Å². The van der Waals surface area contributed by atoms with E-state index < -0.39 is 0 Å². The standard InChI is InChI=1S/C50H84NO2/c1-3-5-7-29-39-49(52)41-31-19-15-11-9-13-17-21-33-43-51(45-47-35-25-23-26-36-47,46-48-37-27-24-28-38-48)44-34-22-18-14-10-12-16-20-32-42-50(53)40-30-8-6-4-2/h19-20,23-28,31-32,35-38,49-50,52-53H,3-18,21-22,29-30,33-34,39-46H2,1-2H3/q+1/t49-,50-/m1/s1. The highest BCUT2D eigenvalue weighted by molar-refractivity contribution is 5.15. The van der Waals surface area contributed by atoms with Crippen molar-refractivity contribution in [3.8, 4) is 0 Å². The van der Waals surface area contributed by atoms with E-state index in [1.54, 1.807) is 0 Å². The molecule has 0 fully saturated rings. The number of hydrogen-bond donors (Lipinski definition) is 2. The highest BCUT2D eigenvalue weighted by Crippen LogP contribution is 2.24. The first-order valence-electron chi connectivity index (χ1n) is 22.7. The van der Waals surface area contributed by atoms with Crippen LogP contribution in [0.4, 0.5) is 0 Å². The van der Waals surface area contributed by atoms with E-state index in [2.05, 4.69) is 98.8 Å². The number of benzene rings is 2. The molecule has 0 saturated heterocycles. The smallest absolute Gasteiger partial charge is 0.105 e. The van der Waals surface area contributed by atoms with E-state index in [0.717, 1.165) is 64.5 Å². The Morgan fingerprint density at radius 2 is 0.792 bits per heavy atom. The molecule has 2 atom stereocenters. The van der Waals surface area contributed by atoms with Crippen LogP contribution >= 0.6 is 0 Å². The van der Waals surface area contributed by atoms with Crippen LogP contribution in [0.2, 0.25) is 0 Å². The molecule has 0 aromatic heterocycles. The van der Waals surface area contributed by atoms with Crippen molar-refractivity contribution in [3.63, 3.8) is 0 Å². The Hall–Kier alpha value is -2.20. The van der Waals surface area contributed by atoms with Gasteiger partial charge in [-0.2, -0.15) is 0 Å². The maximum atomic E-state index is 10.2. The van der Waals surface area contributed by atoms with Gasteiger partial charge in [-0.1, -0.05) is 189 Å². The van der Waals surface area contributed by atoms with Crippen molar-refractivity contribution in [2.24, 2.45) is 0 Å². The molecule has 0 spiro atoms. The summed E-state index contributed by atoms with van der Waals surface area (Å²) in [7, 11) is 0. The Labute approximate surface area is 329 Å². The second kappa shape index (κ2) is 33.2. The van der Waals surface area contributed by atoms with E-state index in [9.17, 15) is 10.2 Å². The maximum absolute atomic E-state index is 10.2. The summed E-state index contributed by atoms with van der Waals surface area (Å²) in [6.07, 6.45) is 40.3. The SMILES string of the molecule is CCCCCC[C@@H](O)CC=CCCCCCCCC[N+](CCCCCCCCC=CC[C@H](O)CCCCCC)(Cc1ccccc1)Cc1ccccc1. The highest BCUT2D eigenvalue weighted by Gasteiger charge is 2.27. The third kappa shape index (κ3) is 26.3. The molecular formula is C50H84NO2+. The first-order valence-corrected chi connectivity index (χ1v) is 22.7. The second-order valence-electron chi connectivity index (χ2n) is 16.3. The average Bonchev–Trinajstić information content (AvgIpc) is 3.17. The Morgan fingerprint density at radius 3 is 1.19 bits per heavy atom. The number of hydrogen-bond acceptors (Lipinski definition) is 2. The lowest BCUT2D eigenvalue weighted by Gasteiger charge is -2.39. The summed E-state index contributed by atoms with van der Waals surface area (Å²) in [6, 6.07) is 22.5. The number of nitrogens with zero attached hydrogens (tertiary/aromatic N) is 1. The van der Waals surface area contributed by atoms with Crippen LogP contribution in [0, 0.1) is 0 Å². The van der Waals surface area contributed by atoms with Gasteiger partial charge in [0.2, 0.25) is 0 Å². The molecule has 2 aromatic rings. The summed E-state index contributed by atoms with van der Waals surface area (Å²) in [6.45, 7) is 9.23. The molecule has 300 valence electrons. The number of quaternary nitrogens is 1. The van der Waals surface area contributed by atoms with Gasteiger partial charge < -0.3 is 14.7 Å². The molecule has 0 aliphatic carbocycles. The van der Waals surface area contributed by atoms with Gasteiger partial charge in [-0.25, -0.2) is 0 Å². The molecule has 0 radical (unpaired) electrons. The fraction of sp³-hybridized carbons (Fsp3) is 0.680. The van der Waals surface area contributed by atoms with Crippen LogP contribution in [0.25, 0.3) is 0 Å². The van der Waals surface area contributed by atoms with Gasteiger partial charge in [0.25, 0.3) is 0 Å². The lowest BCUT2D eigenvalue weighted by atomic mass is 10.0. The minimum Gasteiger partial charge on any atom is -0.393 e. The molecular weight excluding hydrogens is 647 g/mol. The molecule has 0 saturated carbocycles. The van der Waals surface area contributed by atoms with Gasteiger partial charge in [-0.15, -0.1) is 0 Å². The van der Waals surface area contributed by atoms with Gasteiger partial charge >= 0.3 is 0 Å². The zero-order valence-electron chi connectivity index (χ0n) is 34.8. The highest BCUT2D eigenvalue weighted by atomic mass is 16.3. The van der Waals surface area contributed by atoms with Gasteiger partial charge in [0.1, 0.15) is 13.1 Å². The third-order valence-corrected chi connectivity index (χ3v) is 11.2. The van der Waals surface area contributed by atoms with Gasteiger partial charge in [0.05, 0.1) is 25.3 Å². The van der Waals surface area contributed by atoms with Crippen LogP contribution in [0.5, 0.6) is 0 Å². The number of rotatable bonds is 36. The summed E-state index contributed by atoms with van der Waals surface area (Å²) in [4.78, 5) is 0. The summed E-state index contributed by atoms with van der Waals surface area (Å²) in [5, 5.41) is 20.4. The lowest BCUT2D eigenvalue weighted by molar-refractivity contribution is -0.954. The minimum atomic E-state index is -0.155. The van der Waals surface area contributed by atoms with Crippen molar-refractivity contribution in [2.75, 3.05) is 13.1 Å². The Balaban J connectivity index is 1.74. The summed E-state index contributed by atoms with van der Waals surface area (Å²) in [5.74, 6) is 0. The van der Waals surface area contributed by atoms with Crippen molar-refractivity contribution in [1.29, 1.82) is 0 Å². The van der Waals surface area contributed by atoms with E-state index in [4.69, 9.17) is 0 Å². The summed E-state index contributed by atoms with van der Waals surface area (Å²) >= 11 is 0. The van der Waals surface area contributed by atoms with Crippen molar-refractivity contribution in [2.45, 2.75) is 206 Å². The molecule has 0 amide bonds. The van der Waals surface area contributed by atoms with E-state index in [-0.39, 0.29) is 12.2 Å². The minimum absolute atomic E-state index is 0.155. The van der Waals surface area contributed by atoms with E-state index >= 15 is 0 Å². The fourth-order valence-corrected chi connectivity index (χ4v) is 7.85. The molecule has 2 rings (SSSR count). The summed E-state index contributed by atoms with van der Waals surface area (Å²) < 4.78 is 1.17. The zero-order chi connectivity index (χ0) is 37.9. The molecule has 2 aromatic carbocycles. The largest absolute Gasteiger partial charge is 0.393 e.